The molecule has 6 heteroatoms. The van der Waals surface area contributed by atoms with E-state index in [0.29, 0.717) is 24.4 Å². The number of hydrogen-bond acceptors (Lipinski definition) is 4. The molecular weight excluding hydrogens is 524 g/mol. The first kappa shape index (κ1) is 40.3. The summed E-state index contributed by atoms with van der Waals surface area (Å²) in [6.45, 7) is 16.7. The lowest BCUT2D eigenvalue weighted by Gasteiger charge is -2.36. The van der Waals surface area contributed by atoms with Gasteiger partial charge >= 0.3 is 11.9 Å². The Morgan fingerprint density at radius 2 is 0.667 bits per heavy atom. The molecule has 0 saturated carbocycles. The van der Waals surface area contributed by atoms with Crippen LogP contribution in [0.3, 0.4) is 0 Å². The lowest BCUT2D eigenvalue weighted by Crippen LogP contribution is -2.51. The predicted molar refractivity (Wildman–Crippen MR) is 178 cm³/mol. The summed E-state index contributed by atoms with van der Waals surface area (Å²) in [5.74, 6) is -0.529. The van der Waals surface area contributed by atoms with Crippen LogP contribution in [0.15, 0.2) is 24.3 Å². The molecule has 0 radical (unpaired) electrons. The summed E-state index contributed by atoms with van der Waals surface area (Å²) in [7, 11) is 9.62. The van der Waals surface area contributed by atoms with Crippen LogP contribution < -0.4 is 0 Å². The maximum absolute atomic E-state index is 11.3. The van der Waals surface area contributed by atoms with Gasteiger partial charge in [0, 0.05) is 11.1 Å². The maximum Gasteiger partial charge on any atom is 0.333 e. The molecule has 0 unspecified atom stereocenters. The van der Waals surface area contributed by atoms with Gasteiger partial charge in [0.25, 0.3) is 0 Å². The van der Waals surface area contributed by atoms with Crippen LogP contribution in [0.1, 0.15) is 129 Å². The van der Waals surface area contributed by atoms with Crippen LogP contribution in [0.2, 0.25) is 0 Å². The van der Waals surface area contributed by atoms with Crippen molar-refractivity contribution in [1.29, 1.82) is 0 Å². The minimum atomic E-state index is -0.265. The molecule has 0 heterocycles. The standard InChI is InChI=1S/C36H70N2O4/c1-33(2)35(39)41-31-25-21-17-13-9-11-15-19-23-27-37(5,6)29-30-38(7,8)28-24-20-16-12-10-14-18-22-26-32-42-36(40)34(3)4/h1,3,9-32H2,2,4-8H3/q+2. The van der Waals surface area contributed by atoms with Crippen molar-refractivity contribution in [3.05, 3.63) is 24.3 Å². The molecule has 0 fully saturated rings. The van der Waals surface area contributed by atoms with Gasteiger partial charge in [0.15, 0.2) is 0 Å². The topological polar surface area (TPSA) is 52.6 Å². The highest BCUT2D eigenvalue weighted by Gasteiger charge is 2.22. The van der Waals surface area contributed by atoms with Crippen molar-refractivity contribution in [2.75, 3.05) is 67.6 Å². The van der Waals surface area contributed by atoms with E-state index in [1.165, 1.54) is 116 Å². The average Bonchev–Trinajstić information content (AvgIpc) is 2.92. The Bertz CT molecular complexity index is 683. The third-order valence-corrected chi connectivity index (χ3v) is 8.29. The minimum absolute atomic E-state index is 0.265. The molecule has 0 aromatic rings. The molecule has 6 nitrogen and oxygen atoms in total. The average molecular weight is 595 g/mol. The van der Waals surface area contributed by atoms with Crippen LogP contribution in [0.5, 0.6) is 0 Å². The monoisotopic (exact) mass is 595 g/mol. The van der Waals surface area contributed by atoms with Crippen molar-refractivity contribution in [2.45, 2.75) is 129 Å². The molecule has 0 spiro atoms. The largest absolute Gasteiger partial charge is 0.462 e. The fourth-order valence-corrected chi connectivity index (χ4v) is 5.10. The molecule has 0 aliphatic rings. The van der Waals surface area contributed by atoms with Gasteiger partial charge < -0.3 is 18.4 Å². The Labute approximate surface area is 261 Å². The van der Waals surface area contributed by atoms with E-state index >= 15 is 0 Å². The summed E-state index contributed by atoms with van der Waals surface area (Å²) in [6, 6.07) is 0. The Morgan fingerprint density at radius 3 is 0.929 bits per heavy atom. The number of ether oxygens (including phenoxy) is 2. The number of carbonyl (C=O) groups excluding carboxylic acids is 2. The van der Waals surface area contributed by atoms with Gasteiger partial charge in [-0.3, -0.25) is 0 Å². The zero-order valence-corrected chi connectivity index (χ0v) is 28.9. The summed E-state index contributed by atoms with van der Waals surface area (Å²) in [5, 5.41) is 0. The summed E-state index contributed by atoms with van der Waals surface area (Å²) >= 11 is 0. The van der Waals surface area contributed by atoms with Crippen LogP contribution >= 0.6 is 0 Å². The quantitative estimate of drug-likeness (QED) is 0.0378. The molecule has 0 atom stereocenters. The maximum atomic E-state index is 11.3. The molecule has 0 saturated heterocycles. The Hall–Kier alpha value is -1.66. The number of quaternary nitrogens is 2. The minimum Gasteiger partial charge on any atom is -0.462 e. The summed E-state index contributed by atoms with van der Waals surface area (Å²) in [5.41, 5.74) is 0.964. The zero-order valence-electron chi connectivity index (χ0n) is 28.9. The third kappa shape index (κ3) is 26.0. The molecule has 0 aromatic heterocycles. The Balaban J connectivity index is 3.62. The van der Waals surface area contributed by atoms with Gasteiger partial charge in [-0.25, -0.2) is 9.59 Å². The molecular formula is C36H70N2O4+2. The Morgan fingerprint density at radius 1 is 0.429 bits per heavy atom. The highest BCUT2D eigenvalue weighted by molar-refractivity contribution is 5.87. The number of esters is 2. The van der Waals surface area contributed by atoms with Crippen molar-refractivity contribution < 1.29 is 28.0 Å². The SMILES string of the molecule is C=C(C)C(=O)OCCCCCCCCCCC[N+](C)(C)CC[N+](C)(C)CCCCCCCCCCCOC(=O)C(=C)C. The number of hydrogen-bond donors (Lipinski definition) is 0. The molecule has 0 amide bonds. The van der Waals surface area contributed by atoms with Gasteiger partial charge in [-0.1, -0.05) is 90.2 Å². The molecule has 0 N–H and O–H groups in total. The van der Waals surface area contributed by atoms with Crippen molar-refractivity contribution in [1.82, 2.24) is 0 Å². The van der Waals surface area contributed by atoms with Crippen LogP contribution in [0.4, 0.5) is 0 Å². The van der Waals surface area contributed by atoms with Gasteiger partial charge in [-0.2, -0.15) is 0 Å². The normalized spacial score (nSPS) is 11.9. The molecule has 246 valence electrons. The van der Waals surface area contributed by atoms with Gasteiger partial charge in [0.2, 0.25) is 0 Å². The second-order valence-corrected chi connectivity index (χ2v) is 14.0. The van der Waals surface area contributed by atoms with Gasteiger partial charge in [0.05, 0.1) is 54.5 Å². The van der Waals surface area contributed by atoms with Crippen molar-refractivity contribution in [3.8, 4) is 0 Å². The van der Waals surface area contributed by atoms with Gasteiger partial charge in [-0.15, -0.1) is 0 Å². The van der Waals surface area contributed by atoms with Gasteiger partial charge in [0.1, 0.15) is 13.1 Å². The lowest BCUT2D eigenvalue weighted by molar-refractivity contribution is -0.946. The van der Waals surface area contributed by atoms with E-state index in [-0.39, 0.29) is 11.9 Å². The number of likely N-dealkylation sites (N-methyl/N-ethyl adjacent to an activating group) is 2. The molecule has 0 aromatic carbocycles. The first-order valence-electron chi connectivity index (χ1n) is 17.2. The van der Waals surface area contributed by atoms with Crippen LogP contribution in [-0.2, 0) is 19.1 Å². The van der Waals surface area contributed by atoms with Crippen molar-refractivity contribution >= 4 is 11.9 Å². The molecule has 0 rings (SSSR count). The number of nitrogens with zero attached hydrogens (tertiary/aromatic N) is 2. The summed E-state index contributed by atoms with van der Waals surface area (Å²) < 4.78 is 12.6. The fraction of sp³-hybridized carbons (Fsp3) is 0.833. The molecule has 42 heavy (non-hydrogen) atoms. The fourth-order valence-electron chi connectivity index (χ4n) is 5.10. The van der Waals surface area contributed by atoms with Crippen LogP contribution in [0, 0.1) is 0 Å². The van der Waals surface area contributed by atoms with E-state index in [2.05, 4.69) is 41.3 Å². The first-order valence-corrected chi connectivity index (χ1v) is 17.2. The first-order chi connectivity index (χ1) is 19.9. The van der Waals surface area contributed by atoms with E-state index < -0.39 is 0 Å². The number of carbonyl (C=O) groups is 2. The van der Waals surface area contributed by atoms with E-state index in [9.17, 15) is 9.59 Å². The highest BCUT2D eigenvalue weighted by Crippen LogP contribution is 2.14. The zero-order chi connectivity index (χ0) is 31.7. The molecule has 0 aliphatic carbocycles. The van der Waals surface area contributed by atoms with Crippen LogP contribution in [-0.4, -0.2) is 88.5 Å². The van der Waals surface area contributed by atoms with Gasteiger partial charge in [-0.05, 0) is 52.4 Å². The number of unbranched alkanes of at least 4 members (excludes halogenated alkanes) is 16. The predicted octanol–water partition coefficient (Wildman–Crippen LogP) is 8.40. The lowest BCUT2D eigenvalue weighted by atomic mass is 10.1. The van der Waals surface area contributed by atoms with E-state index in [1.807, 2.05) is 0 Å². The highest BCUT2D eigenvalue weighted by atomic mass is 16.5. The van der Waals surface area contributed by atoms with Crippen LogP contribution in [0.25, 0.3) is 0 Å². The van der Waals surface area contributed by atoms with E-state index in [4.69, 9.17) is 9.47 Å². The second kappa shape index (κ2) is 24.7. The van der Waals surface area contributed by atoms with Crippen molar-refractivity contribution in [3.63, 3.8) is 0 Å². The van der Waals surface area contributed by atoms with E-state index in [1.54, 1.807) is 13.8 Å². The summed E-state index contributed by atoms with van der Waals surface area (Å²) in [6.07, 6.45) is 22.7. The molecule has 0 bridgehead atoms. The van der Waals surface area contributed by atoms with E-state index in [0.717, 1.165) is 34.6 Å². The summed E-state index contributed by atoms with van der Waals surface area (Å²) in [4.78, 5) is 22.7. The van der Waals surface area contributed by atoms with Crippen molar-refractivity contribution in [2.24, 2.45) is 0 Å². The third-order valence-electron chi connectivity index (χ3n) is 8.29. The Kier molecular flexibility index (Phi) is 23.8. The number of rotatable bonds is 29. The molecule has 0 aliphatic heterocycles. The smallest absolute Gasteiger partial charge is 0.333 e. The second-order valence-electron chi connectivity index (χ2n) is 14.0.